The lowest BCUT2D eigenvalue weighted by Crippen LogP contribution is -2.38. The number of hydrogen-bond acceptors (Lipinski definition) is 2. The SMILES string of the molecule is CCCNC(Cc1ccc(C)cc1)C1CCSC1. The van der Waals surface area contributed by atoms with Gasteiger partial charge in [0, 0.05) is 6.04 Å². The van der Waals surface area contributed by atoms with Crippen molar-refractivity contribution in [2.75, 3.05) is 18.1 Å². The third-order valence-corrected chi connectivity index (χ3v) is 4.95. The Morgan fingerprint density at radius 2 is 2.11 bits per heavy atom. The summed E-state index contributed by atoms with van der Waals surface area (Å²) in [6, 6.07) is 9.71. The van der Waals surface area contributed by atoms with Gasteiger partial charge in [-0.3, -0.25) is 0 Å². The third kappa shape index (κ3) is 4.03. The van der Waals surface area contributed by atoms with Gasteiger partial charge in [-0.2, -0.15) is 11.8 Å². The Hall–Kier alpha value is -0.470. The van der Waals surface area contributed by atoms with E-state index < -0.39 is 0 Å². The molecule has 0 saturated carbocycles. The quantitative estimate of drug-likeness (QED) is 0.840. The van der Waals surface area contributed by atoms with Crippen LogP contribution in [-0.4, -0.2) is 24.1 Å². The van der Waals surface area contributed by atoms with E-state index in [1.54, 1.807) is 0 Å². The molecule has 1 aliphatic heterocycles. The van der Waals surface area contributed by atoms with Crippen molar-refractivity contribution in [2.24, 2.45) is 5.92 Å². The lowest BCUT2D eigenvalue weighted by Gasteiger charge is -2.24. The van der Waals surface area contributed by atoms with Crippen LogP contribution in [0.2, 0.25) is 0 Å². The van der Waals surface area contributed by atoms with E-state index in [2.05, 4.69) is 55.2 Å². The Balaban J connectivity index is 1.97. The molecule has 0 spiro atoms. The van der Waals surface area contributed by atoms with E-state index in [9.17, 15) is 0 Å². The Bertz CT molecular complexity index is 341. The van der Waals surface area contributed by atoms with Crippen molar-refractivity contribution in [3.05, 3.63) is 35.4 Å². The molecule has 1 nitrogen and oxygen atoms in total. The van der Waals surface area contributed by atoms with Gasteiger partial charge in [0.15, 0.2) is 0 Å². The van der Waals surface area contributed by atoms with E-state index >= 15 is 0 Å². The first-order valence-electron chi connectivity index (χ1n) is 7.16. The number of thioether (sulfide) groups is 1. The lowest BCUT2D eigenvalue weighted by molar-refractivity contribution is 0.380. The summed E-state index contributed by atoms with van der Waals surface area (Å²) in [5, 5.41) is 3.76. The Morgan fingerprint density at radius 1 is 1.33 bits per heavy atom. The molecule has 1 aromatic carbocycles. The Kier molecular flexibility index (Phi) is 5.58. The van der Waals surface area contributed by atoms with Gasteiger partial charge in [-0.25, -0.2) is 0 Å². The monoisotopic (exact) mass is 263 g/mol. The largest absolute Gasteiger partial charge is 0.313 e. The van der Waals surface area contributed by atoms with Crippen LogP contribution < -0.4 is 5.32 Å². The molecular weight excluding hydrogens is 238 g/mol. The zero-order chi connectivity index (χ0) is 12.8. The summed E-state index contributed by atoms with van der Waals surface area (Å²) < 4.78 is 0. The second-order valence-electron chi connectivity index (χ2n) is 5.37. The number of aryl methyl sites for hydroxylation is 1. The van der Waals surface area contributed by atoms with Crippen molar-refractivity contribution in [1.82, 2.24) is 5.32 Å². The van der Waals surface area contributed by atoms with Crippen molar-refractivity contribution in [2.45, 2.75) is 39.2 Å². The van der Waals surface area contributed by atoms with E-state index in [0.29, 0.717) is 6.04 Å². The van der Waals surface area contributed by atoms with Crippen LogP contribution in [0.1, 0.15) is 30.9 Å². The second kappa shape index (κ2) is 7.20. The molecule has 0 bridgehead atoms. The van der Waals surface area contributed by atoms with Gasteiger partial charge in [0.05, 0.1) is 0 Å². The first-order chi connectivity index (χ1) is 8.79. The van der Waals surface area contributed by atoms with Crippen molar-refractivity contribution in [3.8, 4) is 0 Å². The molecule has 0 aliphatic carbocycles. The maximum Gasteiger partial charge on any atom is 0.0144 e. The van der Waals surface area contributed by atoms with E-state index in [1.807, 2.05) is 0 Å². The molecule has 18 heavy (non-hydrogen) atoms. The van der Waals surface area contributed by atoms with Gasteiger partial charge < -0.3 is 5.32 Å². The summed E-state index contributed by atoms with van der Waals surface area (Å²) in [6.07, 6.45) is 3.80. The van der Waals surface area contributed by atoms with Gasteiger partial charge in [-0.1, -0.05) is 36.8 Å². The van der Waals surface area contributed by atoms with Gasteiger partial charge >= 0.3 is 0 Å². The van der Waals surface area contributed by atoms with Crippen LogP contribution in [0.3, 0.4) is 0 Å². The van der Waals surface area contributed by atoms with Gasteiger partial charge in [0.2, 0.25) is 0 Å². The minimum Gasteiger partial charge on any atom is -0.313 e. The lowest BCUT2D eigenvalue weighted by atomic mass is 9.92. The number of benzene rings is 1. The highest BCUT2D eigenvalue weighted by Crippen LogP contribution is 2.27. The molecule has 0 amide bonds. The highest BCUT2D eigenvalue weighted by Gasteiger charge is 2.24. The number of hydrogen-bond donors (Lipinski definition) is 1. The zero-order valence-electron chi connectivity index (χ0n) is 11.6. The minimum absolute atomic E-state index is 0.669. The zero-order valence-corrected chi connectivity index (χ0v) is 12.4. The molecular formula is C16H25NS. The predicted molar refractivity (Wildman–Crippen MR) is 82.4 cm³/mol. The highest BCUT2D eigenvalue weighted by atomic mass is 32.2. The van der Waals surface area contributed by atoms with Crippen LogP contribution in [0.5, 0.6) is 0 Å². The number of nitrogens with one attached hydrogen (secondary N) is 1. The van der Waals surface area contributed by atoms with Crippen LogP contribution >= 0.6 is 11.8 Å². The summed E-state index contributed by atoms with van der Waals surface area (Å²) in [5.74, 6) is 3.55. The van der Waals surface area contributed by atoms with Crippen molar-refractivity contribution in [3.63, 3.8) is 0 Å². The van der Waals surface area contributed by atoms with E-state index in [0.717, 1.165) is 12.5 Å². The summed E-state index contributed by atoms with van der Waals surface area (Å²) in [7, 11) is 0. The van der Waals surface area contributed by atoms with Crippen LogP contribution in [0.15, 0.2) is 24.3 Å². The average Bonchev–Trinajstić information content (AvgIpc) is 2.90. The normalized spacial score (nSPS) is 21.1. The predicted octanol–water partition coefficient (Wildman–Crippen LogP) is 3.66. The molecule has 2 heteroatoms. The molecule has 1 N–H and O–H groups in total. The molecule has 0 aromatic heterocycles. The maximum absolute atomic E-state index is 3.76. The smallest absolute Gasteiger partial charge is 0.0144 e. The summed E-state index contributed by atoms with van der Waals surface area (Å²) in [6.45, 7) is 5.56. The fourth-order valence-electron chi connectivity index (χ4n) is 2.58. The molecule has 1 heterocycles. The molecule has 100 valence electrons. The highest BCUT2D eigenvalue weighted by molar-refractivity contribution is 7.99. The minimum atomic E-state index is 0.669. The second-order valence-corrected chi connectivity index (χ2v) is 6.52. The van der Waals surface area contributed by atoms with Gasteiger partial charge in [-0.05, 0) is 55.7 Å². The fourth-order valence-corrected chi connectivity index (χ4v) is 3.92. The summed E-state index contributed by atoms with van der Waals surface area (Å²) >= 11 is 2.12. The standard InChI is InChI=1S/C16H25NS/c1-3-9-17-16(15-8-10-18-12-15)11-14-6-4-13(2)5-7-14/h4-7,15-17H,3,8-12H2,1-2H3. The van der Waals surface area contributed by atoms with Gasteiger partial charge in [0.25, 0.3) is 0 Å². The molecule has 1 aliphatic rings. The molecule has 1 aromatic rings. The molecule has 0 radical (unpaired) electrons. The van der Waals surface area contributed by atoms with Gasteiger partial charge in [-0.15, -0.1) is 0 Å². The van der Waals surface area contributed by atoms with Crippen LogP contribution in [0, 0.1) is 12.8 Å². The van der Waals surface area contributed by atoms with E-state index in [1.165, 1.54) is 41.9 Å². The Labute approximate surface area is 116 Å². The average molecular weight is 263 g/mol. The molecule has 1 saturated heterocycles. The van der Waals surface area contributed by atoms with Crippen molar-refractivity contribution in [1.29, 1.82) is 0 Å². The third-order valence-electron chi connectivity index (χ3n) is 3.77. The maximum atomic E-state index is 3.76. The Morgan fingerprint density at radius 3 is 2.72 bits per heavy atom. The van der Waals surface area contributed by atoms with Gasteiger partial charge in [0.1, 0.15) is 0 Å². The van der Waals surface area contributed by atoms with Crippen molar-refractivity contribution >= 4 is 11.8 Å². The van der Waals surface area contributed by atoms with Crippen molar-refractivity contribution < 1.29 is 0 Å². The summed E-state index contributed by atoms with van der Waals surface area (Å²) in [5.41, 5.74) is 2.83. The van der Waals surface area contributed by atoms with Crippen LogP contribution in [0.25, 0.3) is 0 Å². The molecule has 1 fully saturated rings. The van der Waals surface area contributed by atoms with E-state index in [4.69, 9.17) is 0 Å². The van der Waals surface area contributed by atoms with E-state index in [-0.39, 0.29) is 0 Å². The topological polar surface area (TPSA) is 12.0 Å². The molecule has 2 unspecified atom stereocenters. The fraction of sp³-hybridized carbons (Fsp3) is 0.625. The summed E-state index contributed by atoms with van der Waals surface area (Å²) in [4.78, 5) is 0. The molecule has 2 atom stereocenters. The van der Waals surface area contributed by atoms with Crippen LogP contribution in [0.4, 0.5) is 0 Å². The molecule has 2 rings (SSSR count). The first-order valence-corrected chi connectivity index (χ1v) is 8.31. The number of rotatable bonds is 6. The first kappa shape index (κ1) is 14.0. The van der Waals surface area contributed by atoms with Crippen LogP contribution in [-0.2, 0) is 6.42 Å².